The molecule has 1 atom stereocenters. The van der Waals surface area contributed by atoms with Crippen LogP contribution in [0.3, 0.4) is 0 Å². The number of nitrogens with one attached hydrogen (secondary N) is 1. The molecule has 0 amide bonds. The van der Waals surface area contributed by atoms with Crippen molar-refractivity contribution in [2.75, 3.05) is 6.54 Å². The summed E-state index contributed by atoms with van der Waals surface area (Å²) in [5.41, 5.74) is 0.828. The zero-order chi connectivity index (χ0) is 14.4. The van der Waals surface area contributed by atoms with E-state index >= 15 is 0 Å². The second-order valence-corrected chi connectivity index (χ2v) is 6.87. The predicted molar refractivity (Wildman–Crippen MR) is 80.4 cm³/mol. The SMILES string of the molecule is O=S(=O)(/C=C/c1ccccc1)NCC(O)C1CCCC1. The first kappa shape index (κ1) is 15.2. The molecular weight excluding hydrogens is 274 g/mol. The number of hydrogen-bond donors (Lipinski definition) is 2. The molecule has 0 heterocycles. The average molecular weight is 295 g/mol. The molecule has 0 aromatic heterocycles. The molecule has 0 spiro atoms. The fourth-order valence-corrected chi connectivity index (χ4v) is 3.33. The molecule has 0 aliphatic heterocycles. The Kier molecular flexibility index (Phi) is 5.34. The minimum absolute atomic E-state index is 0.0894. The fourth-order valence-electron chi connectivity index (χ4n) is 2.49. The van der Waals surface area contributed by atoms with Crippen LogP contribution in [-0.2, 0) is 10.0 Å². The van der Waals surface area contributed by atoms with E-state index in [0.717, 1.165) is 36.7 Å². The van der Waals surface area contributed by atoms with Crippen molar-refractivity contribution in [1.29, 1.82) is 0 Å². The van der Waals surface area contributed by atoms with Crippen LogP contribution in [0.4, 0.5) is 0 Å². The van der Waals surface area contributed by atoms with E-state index in [1.54, 1.807) is 6.08 Å². The van der Waals surface area contributed by atoms with E-state index in [2.05, 4.69) is 4.72 Å². The third-order valence-corrected chi connectivity index (χ3v) is 4.74. The summed E-state index contributed by atoms with van der Waals surface area (Å²) in [5, 5.41) is 11.1. The van der Waals surface area contributed by atoms with Crippen LogP contribution in [0.15, 0.2) is 35.7 Å². The van der Waals surface area contributed by atoms with E-state index in [9.17, 15) is 13.5 Å². The average Bonchev–Trinajstić information content (AvgIpc) is 2.98. The van der Waals surface area contributed by atoms with Gasteiger partial charge in [-0.3, -0.25) is 0 Å². The van der Waals surface area contributed by atoms with E-state index in [-0.39, 0.29) is 12.5 Å². The first-order valence-corrected chi connectivity index (χ1v) is 8.52. The molecule has 1 saturated carbocycles. The maximum Gasteiger partial charge on any atom is 0.233 e. The molecular formula is C15H21NO3S. The zero-order valence-corrected chi connectivity index (χ0v) is 12.2. The molecule has 4 nitrogen and oxygen atoms in total. The summed E-state index contributed by atoms with van der Waals surface area (Å²) in [5.74, 6) is 0.232. The van der Waals surface area contributed by atoms with Gasteiger partial charge in [-0.25, -0.2) is 13.1 Å². The van der Waals surface area contributed by atoms with Crippen molar-refractivity contribution in [3.8, 4) is 0 Å². The monoisotopic (exact) mass is 295 g/mol. The van der Waals surface area contributed by atoms with E-state index < -0.39 is 16.1 Å². The lowest BCUT2D eigenvalue weighted by Gasteiger charge is -2.17. The van der Waals surface area contributed by atoms with E-state index in [4.69, 9.17) is 0 Å². The first-order valence-electron chi connectivity index (χ1n) is 6.98. The molecule has 1 fully saturated rings. The Morgan fingerprint density at radius 2 is 1.90 bits per heavy atom. The molecule has 0 saturated heterocycles. The molecule has 0 radical (unpaired) electrons. The van der Waals surface area contributed by atoms with Gasteiger partial charge < -0.3 is 5.11 Å². The van der Waals surface area contributed by atoms with Crippen molar-refractivity contribution < 1.29 is 13.5 Å². The second kappa shape index (κ2) is 7.02. The largest absolute Gasteiger partial charge is 0.391 e. The number of hydrogen-bond acceptors (Lipinski definition) is 3. The lowest BCUT2D eigenvalue weighted by Crippen LogP contribution is -2.34. The highest BCUT2D eigenvalue weighted by Gasteiger charge is 2.23. The minimum Gasteiger partial charge on any atom is -0.391 e. The van der Waals surface area contributed by atoms with Gasteiger partial charge in [0.25, 0.3) is 0 Å². The molecule has 110 valence electrons. The van der Waals surface area contributed by atoms with Gasteiger partial charge in [0.1, 0.15) is 0 Å². The lowest BCUT2D eigenvalue weighted by molar-refractivity contribution is 0.115. The van der Waals surface area contributed by atoms with Gasteiger partial charge in [0.2, 0.25) is 10.0 Å². The Labute approximate surface area is 120 Å². The van der Waals surface area contributed by atoms with Crippen LogP contribution in [0.1, 0.15) is 31.2 Å². The normalized spacial score (nSPS) is 18.6. The highest BCUT2D eigenvalue weighted by Crippen LogP contribution is 2.27. The maximum absolute atomic E-state index is 11.8. The summed E-state index contributed by atoms with van der Waals surface area (Å²) < 4.78 is 26.1. The molecule has 20 heavy (non-hydrogen) atoms. The van der Waals surface area contributed by atoms with Crippen LogP contribution in [0.5, 0.6) is 0 Å². The standard InChI is InChI=1S/C15H21NO3S/c17-15(14-8-4-5-9-14)12-16-20(18,19)11-10-13-6-2-1-3-7-13/h1-3,6-7,10-11,14-17H,4-5,8-9,12H2/b11-10+. The van der Waals surface area contributed by atoms with Crippen molar-refractivity contribution >= 4 is 16.1 Å². The van der Waals surface area contributed by atoms with Crippen LogP contribution in [0, 0.1) is 5.92 Å². The molecule has 2 rings (SSSR count). The predicted octanol–water partition coefficient (Wildman–Crippen LogP) is 2.13. The van der Waals surface area contributed by atoms with Gasteiger partial charge in [0.15, 0.2) is 0 Å². The number of benzene rings is 1. The Bertz CT molecular complexity index is 533. The Morgan fingerprint density at radius 1 is 1.25 bits per heavy atom. The molecule has 1 aromatic rings. The van der Waals surface area contributed by atoms with Gasteiger partial charge in [0, 0.05) is 12.0 Å². The number of sulfonamides is 1. The Balaban J connectivity index is 1.86. The smallest absolute Gasteiger partial charge is 0.233 e. The summed E-state index contributed by atoms with van der Waals surface area (Å²) in [6.07, 6.45) is 5.19. The summed E-state index contributed by atoms with van der Waals surface area (Å²) >= 11 is 0. The van der Waals surface area contributed by atoms with Crippen LogP contribution < -0.4 is 4.72 Å². The van der Waals surface area contributed by atoms with Crippen molar-refractivity contribution in [2.45, 2.75) is 31.8 Å². The van der Waals surface area contributed by atoms with Crippen molar-refractivity contribution in [3.63, 3.8) is 0 Å². The van der Waals surface area contributed by atoms with Gasteiger partial charge in [-0.05, 0) is 30.4 Å². The van der Waals surface area contributed by atoms with Gasteiger partial charge in [-0.15, -0.1) is 0 Å². The third kappa shape index (κ3) is 4.74. The summed E-state index contributed by atoms with van der Waals surface area (Å²) in [7, 11) is -3.49. The highest BCUT2D eigenvalue weighted by molar-refractivity contribution is 7.92. The van der Waals surface area contributed by atoms with Crippen LogP contribution in [-0.4, -0.2) is 26.2 Å². The molecule has 1 aromatic carbocycles. The van der Waals surface area contributed by atoms with E-state index in [1.165, 1.54) is 0 Å². The van der Waals surface area contributed by atoms with Gasteiger partial charge in [-0.2, -0.15) is 0 Å². The molecule has 5 heteroatoms. The quantitative estimate of drug-likeness (QED) is 0.845. The number of rotatable bonds is 6. The Hall–Kier alpha value is -1.17. The van der Waals surface area contributed by atoms with E-state index in [0.29, 0.717) is 0 Å². The topological polar surface area (TPSA) is 66.4 Å². The van der Waals surface area contributed by atoms with Crippen molar-refractivity contribution in [1.82, 2.24) is 4.72 Å². The fraction of sp³-hybridized carbons (Fsp3) is 0.467. The summed E-state index contributed by atoms with van der Waals surface area (Å²) in [6.45, 7) is 0.0894. The molecule has 1 aliphatic rings. The molecule has 1 aliphatic carbocycles. The van der Waals surface area contributed by atoms with Crippen molar-refractivity contribution in [2.24, 2.45) is 5.92 Å². The van der Waals surface area contributed by atoms with Gasteiger partial charge in [-0.1, -0.05) is 43.2 Å². The lowest BCUT2D eigenvalue weighted by atomic mass is 10.0. The summed E-state index contributed by atoms with van der Waals surface area (Å²) in [4.78, 5) is 0. The molecule has 0 bridgehead atoms. The van der Waals surface area contributed by atoms with Crippen LogP contribution >= 0.6 is 0 Å². The van der Waals surface area contributed by atoms with Crippen LogP contribution in [0.25, 0.3) is 6.08 Å². The number of aliphatic hydroxyl groups excluding tert-OH is 1. The first-order chi connectivity index (χ1) is 9.57. The highest BCUT2D eigenvalue weighted by atomic mass is 32.2. The zero-order valence-electron chi connectivity index (χ0n) is 11.4. The third-order valence-electron chi connectivity index (χ3n) is 3.68. The van der Waals surface area contributed by atoms with Crippen molar-refractivity contribution in [3.05, 3.63) is 41.3 Å². The maximum atomic E-state index is 11.8. The second-order valence-electron chi connectivity index (χ2n) is 5.22. The molecule has 1 unspecified atom stereocenters. The summed E-state index contributed by atoms with van der Waals surface area (Å²) in [6, 6.07) is 9.24. The minimum atomic E-state index is -3.49. The van der Waals surface area contributed by atoms with Crippen LogP contribution in [0.2, 0.25) is 0 Å². The van der Waals surface area contributed by atoms with E-state index in [1.807, 2.05) is 30.3 Å². The Morgan fingerprint density at radius 3 is 2.55 bits per heavy atom. The number of aliphatic hydroxyl groups is 1. The van der Waals surface area contributed by atoms with Gasteiger partial charge >= 0.3 is 0 Å². The molecule has 2 N–H and O–H groups in total. The van der Waals surface area contributed by atoms with Gasteiger partial charge in [0.05, 0.1) is 6.10 Å².